The molecule has 0 amide bonds. The SMILES string of the molecule is O=C(c1ccccc1)c1c(O)nc2c3ccccc3ccn12. The van der Waals surface area contributed by atoms with Gasteiger partial charge in [0, 0.05) is 17.1 Å². The highest BCUT2D eigenvalue weighted by Gasteiger charge is 2.21. The molecule has 0 unspecified atom stereocenters. The van der Waals surface area contributed by atoms with Gasteiger partial charge < -0.3 is 5.11 Å². The van der Waals surface area contributed by atoms with Crippen LogP contribution in [0.25, 0.3) is 16.4 Å². The summed E-state index contributed by atoms with van der Waals surface area (Å²) in [5, 5.41) is 12.1. The van der Waals surface area contributed by atoms with Gasteiger partial charge in [-0.1, -0.05) is 54.6 Å². The molecule has 22 heavy (non-hydrogen) atoms. The molecule has 0 aliphatic heterocycles. The second-order valence-electron chi connectivity index (χ2n) is 5.08. The van der Waals surface area contributed by atoms with Gasteiger partial charge in [-0.05, 0) is 11.5 Å². The molecular formula is C18H12N2O2. The van der Waals surface area contributed by atoms with Gasteiger partial charge in [0.2, 0.25) is 11.7 Å². The Morgan fingerprint density at radius 3 is 2.50 bits per heavy atom. The number of fused-ring (bicyclic) bond motifs is 3. The van der Waals surface area contributed by atoms with Crippen molar-refractivity contribution in [3.05, 3.63) is 78.1 Å². The maximum Gasteiger partial charge on any atom is 0.242 e. The molecule has 2 aromatic carbocycles. The van der Waals surface area contributed by atoms with Crippen LogP contribution in [0.3, 0.4) is 0 Å². The highest BCUT2D eigenvalue weighted by atomic mass is 16.3. The van der Waals surface area contributed by atoms with Crippen molar-refractivity contribution in [3.63, 3.8) is 0 Å². The van der Waals surface area contributed by atoms with Crippen LogP contribution in [0.15, 0.2) is 66.9 Å². The Hall–Kier alpha value is -3.14. The van der Waals surface area contributed by atoms with E-state index in [4.69, 9.17) is 0 Å². The fraction of sp³-hybridized carbons (Fsp3) is 0. The van der Waals surface area contributed by atoms with Crippen LogP contribution in [0.1, 0.15) is 16.1 Å². The molecule has 4 nitrogen and oxygen atoms in total. The van der Waals surface area contributed by atoms with Crippen molar-refractivity contribution < 1.29 is 9.90 Å². The van der Waals surface area contributed by atoms with E-state index in [0.29, 0.717) is 11.2 Å². The van der Waals surface area contributed by atoms with Crippen LogP contribution in [0.5, 0.6) is 5.88 Å². The fourth-order valence-electron chi connectivity index (χ4n) is 2.69. The number of imidazole rings is 1. The van der Waals surface area contributed by atoms with E-state index in [-0.39, 0.29) is 17.4 Å². The average molecular weight is 288 g/mol. The highest BCUT2D eigenvalue weighted by molar-refractivity contribution is 6.10. The average Bonchev–Trinajstić information content (AvgIpc) is 2.91. The van der Waals surface area contributed by atoms with Gasteiger partial charge in [0.25, 0.3) is 0 Å². The molecule has 0 saturated carbocycles. The van der Waals surface area contributed by atoms with Gasteiger partial charge in [-0.25, -0.2) is 0 Å². The van der Waals surface area contributed by atoms with E-state index in [0.717, 1.165) is 10.8 Å². The predicted molar refractivity (Wildman–Crippen MR) is 84.2 cm³/mol. The molecular weight excluding hydrogens is 276 g/mol. The van der Waals surface area contributed by atoms with Crippen LogP contribution < -0.4 is 0 Å². The first-order chi connectivity index (χ1) is 10.8. The molecule has 0 atom stereocenters. The van der Waals surface area contributed by atoms with E-state index in [9.17, 15) is 9.90 Å². The van der Waals surface area contributed by atoms with Crippen molar-refractivity contribution in [1.29, 1.82) is 0 Å². The summed E-state index contributed by atoms with van der Waals surface area (Å²) in [7, 11) is 0. The Morgan fingerprint density at radius 1 is 0.955 bits per heavy atom. The van der Waals surface area contributed by atoms with Crippen molar-refractivity contribution >= 4 is 22.2 Å². The second kappa shape index (κ2) is 4.70. The molecule has 4 aromatic rings. The third-order valence-electron chi connectivity index (χ3n) is 3.75. The lowest BCUT2D eigenvalue weighted by Crippen LogP contribution is -2.05. The van der Waals surface area contributed by atoms with Crippen LogP contribution in [0, 0.1) is 0 Å². The molecule has 106 valence electrons. The Labute approximate surface area is 126 Å². The number of pyridine rings is 1. The van der Waals surface area contributed by atoms with Crippen molar-refractivity contribution in [2.45, 2.75) is 0 Å². The van der Waals surface area contributed by atoms with E-state index in [1.165, 1.54) is 0 Å². The number of carbonyl (C=O) groups excluding carboxylic acids is 1. The summed E-state index contributed by atoms with van der Waals surface area (Å²) in [6.45, 7) is 0. The zero-order valence-electron chi connectivity index (χ0n) is 11.6. The number of hydrogen-bond donors (Lipinski definition) is 1. The number of rotatable bonds is 2. The van der Waals surface area contributed by atoms with Gasteiger partial charge in [0.1, 0.15) is 5.65 Å². The molecule has 2 heterocycles. The third-order valence-corrected chi connectivity index (χ3v) is 3.75. The Balaban J connectivity index is 2.01. The fourth-order valence-corrected chi connectivity index (χ4v) is 2.69. The van der Waals surface area contributed by atoms with E-state index in [2.05, 4.69) is 4.98 Å². The van der Waals surface area contributed by atoms with Crippen LogP contribution in [-0.2, 0) is 0 Å². The van der Waals surface area contributed by atoms with E-state index in [1.54, 1.807) is 34.9 Å². The molecule has 0 radical (unpaired) electrons. The van der Waals surface area contributed by atoms with Gasteiger partial charge in [0.15, 0.2) is 5.69 Å². The van der Waals surface area contributed by atoms with Gasteiger partial charge in [-0.3, -0.25) is 9.20 Å². The van der Waals surface area contributed by atoms with E-state index >= 15 is 0 Å². The number of ketones is 1. The molecule has 2 aromatic heterocycles. The Morgan fingerprint density at radius 2 is 1.68 bits per heavy atom. The smallest absolute Gasteiger partial charge is 0.242 e. The molecule has 0 spiro atoms. The molecule has 4 rings (SSSR count). The minimum Gasteiger partial charge on any atom is -0.492 e. The van der Waals surface area contributed by atoms with Crippen LogP contribution >= 0.6 is 0 Å². The summed E-state index contributed by atoms with van der Waals surface area (Å²) < 4.78 is 1.65. The van der Waals surface area contributed by atoms with Crippen LogP contribution in [0.4, 0.5) is 0 Å². The first-order valence-corrected chi connectivity index (χ1v) is 6.94. The lowest BCUT2D eigenvalue weighted by atomic mass is 10.1. The van der Waals surface area contributed by atoms with Gasteiger partial charge in [-0.15, -0.1) is 0 Å². The van der Waals surface area contributed by atoms with Crippen LogP contribution in [-0.4, -0.2) is 20.3 Å². The van der Waals surface area contributed by atoms with Gasteiger partial charge in [-0.2, -0.15) is 4.98 Å². The summed E-state index contributed by atoms with van der Waals surface area (Å²) >= 11 is 0. The topological polar surface area (TPSA) is 54.6 Å². The summed E-state index contributed by atoms with van der Waals surface area (Å²) in [4.78, 5) is 16.8. The van der Waals surface area contributed by atoms with Crippen molar-refractivity contribution in [2.24, 2.45) is 0 Å². The van der Waals surface area contributed by atoms with Crippen molar-refractivity contribution in [1.82, 2.24) is 9.38 Å². The normalized spacial score (nSPS) is 11.1. The number of benzene rings is 2. The molecule has 0 aliphatic rings. The first kappa shape index (κ1) is 12.6. The summed E-state index contributed by atoms with van der Waals surface area (Å²) in [6.07, 6.45) is 1.76. The van der Waals surface area contributed by atoms with Gasteiger partial charge >= 0.3 is 0 Å². The molecule has 1 N–H and O–H groups in total. The maximum absolute atomic E-state index is 12.7. The first-order valence-electron chi connectivity index (χ1n) is 6.94. The minimum atomic E-state index is -0.249. The number of aromatic hydroxyl groups is 1. The molecule has 0 aliphatic carbocycles. The quantitative estimate of drug-likeness (QED) is 0.575. The lowest BCUT2D eigenvalue weighted by molar-refractivity contribution is 0.103. The summed E-state index contributed by atoms with van der Waals surface area (Å²) in [5.41, 5.74) is 1.29. The zero-order valence-corrected chi connectivity index (χ0v) is 11.6. The molecule has 0 fully saturated rings. The third kappa shape index (κ3) is 1.78. The minimum absolute atomic E-state index is 0.187. The number of nitrogens with zero attached hydrogens (tertiary/aromatic N) is 2. The van der Waals surface area contributed by atoms with Crippen LogP contribution in [0.2, 0.25) is 0 Å². The molecule has 0 bridgehead atoms. The van der Waals surface area contributed by atoms with E-state index in [1.807, 2.05) is 36.4 Å². The number of hydrogen-bond acceptors (Lipinski definition) is 3. The second-order valence-corrected chi connectivity index (χ2v) is 5.08. The lowest BCUT2D eigenvalue weighted by Gasteiger charge is -2.03. The summed E-state index contributed by atoms with van der Waals surface area (Å²) in [6, 6.07) is 18.5. The number of aromatic nitrogens is 2. The van der Waals surface area contributed by atoms with Gasteiger partial charge in [0.05, 0.1) is 0 Å². The molecule has 0 saturated heterocycles. The largest absolute Gasteiger partial charge is 0.492 e. The highest BCUT2D eigenvalue weighted by Crippen LogP contribution is 2.26. The molecule has 4 heteroatoms. The van der Waals surface area contributed by atoms with Crippen molar-refractivity contribution in [2.75, 3.05) is 0 Å². The Kier molecular flexibility index (Phi) is 2.69. The Bertz CT molecular complexity index is 1000. The predicted octanol–water partition coefficient (Wildman–Crippen LogP) is 3.42. The monoisotopic (exact) mass is 288 g/mol. The zero-order chi connectivity index (χ0) is 15.1. The standard InChI is InChI=1S/C18H12N2O2/c21-16(13-7-2-1-3-8-13)15-18(22)19-17-14-9-5-4-6-12(14)10-11-20(15)17/h1-11,22H. The van der Waals surface area contributed by atoms with E-state index < -0.39 is 0 Å². The number of carbonyl (C=O) groups is 1. The summed E-state index contributed by atoms with van der Waals surface area (Å²) in [5.74, 6) is -0.494. The maximum atomic E-state index is 12.7. The van der Waals surface area contributed by atoms with Crippen molar-refractivity contribution in [3.8, 4) is 5.88 Å².